The van der Waals surface area contributed by atoms with E-state index in [-0.39, 0.29) is 48.2 Å². The zero-order valence-electron chi connectivity index (χ0n) is 39.0. The van der Waals surface area contributed by atoms with E-state index in [9.17, 15) is 19.2 Å². The molecule has 4 heterocycles. The van der Waals surface area contributed by atoms with Gasteiger partial charge in [-0.05, 0) is 122 Å². The summed E-state index contributed by atoms with van der Waals surface area (Å²) in [6, 6.07) is 33.6. The third-order valence-electron chi connectivity index (χ3n) is 15.7. The van der Waals surface area contributed by atoms with Gasteiger partial charge < -0.3 is 39.9 Å². The second-order valence-corrected chi connectivity index (χ2v) is 20.2. The number of likely N-dealkylation sites (tertiary alicyclic amines) is 2. The molecule has 12 rings (SSSR count). The van der Waals surface area contributed by atoms with E-state index in [2.05, 4.69) is 69.1 Å². The number of nitrogens with zero attached hydrogens (tertiary/aromatic N) is 4. The number of ether oxygens (including phenoxy) is 2. The van der Waals surface area contributed by atoms with Gasteiger partial charge in [-0.3, -0.25) is 9.59 Å². The van der Waals surface area contributed by atoms with Crippen LogP contribution in [-0.4, -0.2) is 78.0 Å². The lowest BCUT2D eigenvalue weighted by molar-refractivity contribution is -0.136. The minimum atomic E-state index is -0.863. The first kappa shape index (κ1) is 44.0. The van der Waals surface area contributed by atoms with Gasteiger partial charge in [0, 0.05) is 12.1 Å². The number of alkyl carbamates (subject to hydrolysis) is 2. The van der Waals surface area contributed by atoms with E-state index in [1.165, 1.54) is 0 Å². The lowest BCUT2D eigenvalue weighted by Gasteiger charge is -2.31. The zero-order valence-corrected chi connectivity index (χ0v) is 39.0. The molecule has 6 aromatic rings. The molecule has 14 nitrogen and oxygen atoms in total. The van der Waals surface area contributed by atoms with E-state index in [0.717, 1.165) is 133 Å². The van der Waals surface area contributed by atoms with E-state index in [1.807, 2.05) is 82.9 Å². The van der Waals surface area contributed by atoms with Crippen molar-refractivity contribution in [1.82, 2.24) is 40.4 Å². The van der Waals surface area contributed by atoms with Crippen LogP contribution in [0, 0.1) is 11.8 Å². The number of nitrogens with one attached hydrogen (secondary N) is 4. The first-order valence-electron chi connectivity index (χ1n) is 25.3. The van der Waals surface area contributed by atoms with Crippen molar-refractivity contribution in [3.8, 4) is 33.6 Å². The molecule has 0 spiro atoms. The molecule has 0 bridgehead atoms. The Hall–Kier alpha value is -7.22. The first-order valence-corrected chi connectivity index (χ1v) is 25.3. The van der Waals surface area contributed by atoms with Gasteiger partial charge in [0.25, 0.3) is 11.8 Å². The number of aromatic nitrogens is 4. The fraction of sp³-hybridized carbons (Fsp3) is 0.393. The largest absolute Gasteiger partial charge is 0.446 e. The average molecular weight is 939 g/mol. The molecular weight excluding hydrogens is 881 g/mol. The Labute approximate surface area is 407 Å². The van der Waals surface area contributed by atoms with Crippen molar-refractivity contribution in [3.05, 3.63) is 144 Å². The van der Waals surface area contributed by atoms with Crippen molar-refractivity contribution in [2.24, 2.45) is 11.8 Å². The maximum atomic E-state index is 14.5. The fourth-order valence-corrected chi connectivity index (χ4v) is 11.8. The maximum Gasteiger partial charge on any atom is 0.408 e. The van der Waals surface area contributed by atoms with Crippen molar-refractivity contribution in [1.29, 1.82) is 0 Å². The second kappa shape index (κ2) is 18.6. The van der Waals surface area contributed by atoms with Crippen molar-refractivity contribution in [2.45, 2.75) is 126 Å². The summed E-state index contributed by atoms with van der Waals surface area (Å²) < 4.78 is 11.5. The van der Waals surface area contributed by atoms with Gasteiger partial charge in [0.1, 0.15) is 35.9 Å². The molecule has 4 amide bonds. The Kier molecular flexibility index (Phi) is 11.7. The summed E-state index contributed by atoms with van der Waals surface area (Å²) in [5, 5.41) is 5.87. The number of hydrogen-bond donors (Lipinski definition) is 4. The lowest BCUT2D eigenvalue weighted by Crippen LogP contribution is -2.44. The third-order valence-corrected chi connectivity index (χ3v) is 15.7. The number of aromatic amines is 2. The molecule has 0 radical (unpaired) electrons. The minimum Gasteiger partial charge on any atom is -0.446 e. The van der Waals surface area contributed by atoms with Crippen LogP contribution < -0.4 is 10.6 Å². The Bertz CT molecular complexity index is 2660. The van der Waals surface area contributed by atoms with Crippen LogP contribution in [0.2, 0.25) is 0 Å². The van der Waals surface area contributed by atoms with Crippen LogP contribution in [0.15, 0.2) is 122 Å². The molecule has 2 saturated heterocycles. The molecule has 2 aromatic heterocycles. The molecule has 70 heavy (non-hydrogen) atoms. The summed E-state index contributed by atoms with van der Waals surface area (Å²) in [5.41, 5.74) is 7.27. The van der Waals surface area contributed by atoms with E-state index < -0.39 is 24.3 Å². The van der Waals surface area contributed by atoms with Crippen molar-refractivity contribution in [3.63, 3.8) is 0 Å². The number of benzene rings is 4. The molecule has 0 unspecified atom stereocenters. The second-order valence-electron chi connectivity index (χ2n) is 20.2. The van der Waals surface area contributed by atoms with Gasteiger partial charge in [-0.25, -0.2) is 19.6 Å². The zero-order chi connectivity index (χ0) is 47.3. The number of rotatable bonds is 13. The number of carbonyl (C=O) groups is 4. The van der Waals surface area contributed by atoms with Gasteiger partial charge in [-0.2, -0.15) is 0 Å². The van der Waals surface area contributed by atoms with Gasteiger partial charge in [0.05, 0.1) is 35.9 Å². The quantitative estimate of drug-likeness (QED) is 0.0885. The van der Waals surface area contributed by atoms with Gasteiger partial charge >= 0.3 is 12.2 Å². The molecule has 4 aliphatic carbocycles. The predicted octanol–water partition coefficient (Wildman–Crippen LogP) is 10.3. The highest BCUT2D eigenvalue weighted by Crippen LogP contribution is 2.55. The minimum absolute atomic E-state index is 0.107. The monoisotopic (exact) mass is 938 g/mol. The average Bonchev–Trinajstić information content (AvgIpc) is 3.90. The molecule has 6 aliphatic rings. The van der Waals surface area contributed by atoms with Crippen LogP contribution in [0.1, 0.15) is 124 Å². The standard InChI is InChI=1S/C56H58N8O6/c65-53(49(37-11-3-1-4-12-37)61-55(67)69-41-15-7-8-16-41)63-45-27-39(45)29-47(63)51-57-31-43(59-51)35-23-19-33(20-24-35)34-21-25-36(26-22-34)44-32-58-52(60-44)48-30-40-28-46(40)64(48)54(66)50(38-13-5-2-6-14-38)62-56(68)70-42-17-9-10-18-42/h1-6,11-14,19-26,31-32,39-42,45-50H,7-10,15-18,27-30H2,(H,57,59)(H,58,60)(H,61,67)(H,62,68)/t39-,40+,45-,46+,47-,48+,49-,50-/m0/s1. The van der Waals surface area contributed by atoms with Crippen molar-refractivity contribution < 1.29 is 28.7 Å². The normalized spacial score (nSPS) is 24.4. The Morgan fingerprint density at radius 1 is 0.500 bits per heavy atom. The summed E-state index contributed by atoms with van der Waals surface area (Å²) in [4.78, 5) is 75.9. The smallest absolute Gasteiger partial charge is 0.408 e. The van der Waals surface area contributed by atoms with Gasteiger partial charge in [-0.1, -0.05) is 109 Å². The summed E-state index contributed by atoms with van der Waals surface area (Å²) in [7, 11) is 0. The molecule has 8 atom stereocenters. The summed E-state index contributed by atoms with van der Waals surface area (Å²) in [6.07, 6.45) is 13.5. The van der Waals surface area contributed by atoms with Crippen molar-refractivity contribution >= 4 is 24.0 Å². The molecular formula is C56H58N8O6. The number of amides is 4. The number of fused-ring (bicyclic) bond motifs is 2. The Morgan fingerprint density at radius 2 is 0.871 bits per heavy atom. The molecule has 358 valence electrons. The predicted molar refractivity (Wildman–Crippen MR) is 261 cm³/mol. The SMILES string of the molecule is O=C(N[C@H](C(=O)N1[C@@H](c2ncc(-c3ccc(-c4ccc(-c5cnc([C@@H]6C[C@@H]7C[C@@H]7N6C(=O)[C@@H](NC(=O)OC6CCCC6)c6ccccc6)[nH]5)cc4)cc3)[nH]2)C[C@H]2C[C@H]21)c1ccccc1)OC1CCCC1. The molecule has 6 fully saturated rings. The summed E-state index contributed by atoms with van der Waals surface area (Å²) >= 11 is 0. The molecule has 4 saturated carbocycles. The van der Waals surface area contributed by atoms with Crippen molar-refractivity contribution in [2.75, 3.05) is 0 Å². The van der Waals surface area contributed by atoms with Crippen LogP contribution in [-0.2, 0) is 19.1 Å². The van der Waals surface area contributed by atoms with Gasteiger partial charge in [-0.15, -0.1) is 0 Å². The molecule has 4 N–H and O–H groups in total. The van der Waals surface area contributed by atoms with Crippen LogP contribution in [0.25, 0.3) is 33.6 Å². The van der Waals surface area contributed by atoms with E-state index in [1.54, 1.807) is 0 Å². The maximum absolute atomic E-state index is 14.5. The number of imidazole rings is 2. The van der Waals surface area contributed by atoms with Crippen LogP contribution in [0.5, 0.6) is 0 Å². The number of hydrogen-bond acceptors (Lipinski definition) is 8. The van der Waals surface area contributed by atoms with Crippen LogP contribution in [0.3, 0.4) is 0 Å². The highest BCUT2D eigenvalue weighted by molar-refractivity contribution is 5.89. The molecule has 2 aliphatic heterocycles. The highest BCUT2D eigenvalue weighted by atomic mass is 16.6. The molecule has 4 aromatic carbocycles. The number of carbonyl (C=O) groups excluding carboxylic acids is 4. The molecule has 14 heteroatoms. The van der Waals surface area contributed by atoms with E-state index in [0.29, 0.717) is 11.8 Å². The van der Waals surface area contributed by atoms with Gasteiger partial charge in [0.2, 0.25) is 0 Å². The lowest BCUT2D eigenvalue weighted by atomic mass is 10.0. The Morgan fingerprint density at radius 3 is 1.26 bits per heavy atom. The summed E-state index contributed by atoms with van der Waals surface area (Å²) in [6.45, 7) is 0. The summed E-state index contributed by atoms with van der Waals surface area (Å²) in [5.74, 6) is 2.01. The highest BCUT2D eigenvalue weighted by Gasteiger charge is 2.57. The van der Waals surface area contributed by atoms with Crippen LogP contribution >= 0.6 is 0 Å². The topological polar surface area (TPSA) is 175 Å². The van der Waals surface area contributed by atoms with Crippen LogP contribution in [0.4, 0.5) is 9.59 Å². The number of H-pyrrole nitrogens is 2. The number of piperidine rings is 2. The van der Waals surface area contributed by atoms with E-state index >= 15 is 0 Å². The first-order chi connectivity index (χ1) is 34.3. The fourth-order valence-electron chi connectivity index (χ4n) is 11.8. The van der Waals surface area contributed by atoms with E-state index in [4.69, 9.17) is 19.4 Å². The Balaban J connectivity index is 0.709. The third kappa shape index (κ3) is 8.84. The van der Waals surface area contributed by atoms with Gasteiger partial charge in [0.15, 0.2) is 0 Å².